The molecule has 2 N–H and O–H groups in total. The summed E-state index contributed by atoms with van der Waals surface area (Å²) < 4.78 is 2.32. The molecular formula is C13H17N3S. The highest BCUT2D eigenvalue weighted by molar-refractivity contribution is 7.13. The number of thiophene rings is 1. The van der Waals surface area contributed by atoms with E-state index in [0.29, 0.717) is 6.04 Å². The van der Waals surface area contributed by atoms with Gasteiger partial charge in [-0.15, -0.1) is 11.3 Å². The maximum Gasteiger partial charge on any atom is 0.110 e. The van der Waals surface area contributed by atoms with Crippen LogP contribution < -0.4 is 5.73 Å². The summed E-state index contributed by atoms with van der Waals surface area (Å²) in [6, 6.07) is 4.83. The smallest absolute Gasteiger partial charge is 0.110 e. The van der Waals surface area contributed by atoms with Crippen LogP contribution in [0.5, 0.6) is 0 Å². The molecule has 0 radical (unpaired) electrons. The van der Waals surface area contributed by atoms with Gasteiger partial charge in [0.25, 0.3) is 0 Å². The lowest BCUT2D eigenvalue weighted by Crippen LogP contribution is -2.36. The number of hydrogen-bond donors (Lipinski definition) is 1. The summed E-state index contributed by atoms with van der Waals surface area (Å²) in [4.78, 5) is 6.05. The fourth-order valence-corrected chi connectivity index (χ4v) is 3.43. The molecule has 0 saturated heterocycles. The van der Waals surface area contributed by atoms with Crippen LogP contribution in [0.2, 0.25) is 0 Å². The second-order valence-electron chi connectivity index (χ2n) is 4.75. The van der Waals surface area contributed by atoms with Crippen LogP contribution in [0.4, 0.5) is 0 Å². The quantitative estimate of drug-likeness (QED) is 0.842. The largest absolute Gasteiger partial charge is 0.327 e. The first-order valence-corrected chi connectivity index (χ1v) is 6.93. The predicted molar refractivity (Wildman–Crippen MR) is 71.3 cm³/mol. The lowest BCUT2D eigenvalue weighted by molar-refractivity contribution is 0.363. The second-order valence-corrected chi connectivity index (χ2v) is 5.70. The van der Waals surface area contributed by atoms with Crippen molar-refractivity contribution in [2.45, 2.75) is 38.8 Å². The van der Waals surface area contributed by atoms with Crippen LogP contribution in [-0.2, 0) is 6.42 Å². The zero-order chi connectivity index (χ0) is 12.0. The highest BCUT2D eigenvalue weighted by Gasteiger charge is 2.27. The highest BCUT2D eigenvalue weighted by atomic mass is 32.1. The number of aromatic nitrogens is 2. The molecule has 0 fully saturated rings. The average molecular weight is 247 g/mol. The van der Waals surface area contributed by atoms with Gasteiger partial charge in [-0.25, -0.2) is 4.98 Å². The van der Waals surface area contributed by atoms with Crippen molar-refractivity contribution < 1.29 is 0 Å². The van der Waals surface area contributed by atoms with Crippen molar-refractivity contribution in [3.05, 3.63) is 29.0 Å². The summed E-state index contributed by atoms with van der Waals surface area (Å²) >= 11 is 1.75. The first kappa shape index (κ1) is 11.0. The normalized spacial score (nSPS) is 23.7. The number of hydrogen-bond acceptors (Lipinski definition) is 3. The topological polar surface area (TPSA) is 43.8 Å². The van der Waals surface area contributed by atoms with Crippen molar-refractivity contribution in [1.29, 1.82) is 0 Å². The summed E-state index contributed by atoms with van der Waals surface area (Å²) in [6.45, 7) is 4.35. The third kappa shape index (κ3) is 1.63. The van der Waals surface area contributed by atoms with E-state index in [-0.39, 0.29) is 6.04 Å². The average Bonchev–Trinajstić information content (AvgIpc) is 2.91. The lowest BCUT2D eigenvalue weighted by Gasteiger charge is -2.29. The molecule has 3 heterocycles. The third-order valence-electron chi connectivity index (χ3n) is 3.71. The molecule has 0 amide bonds. The van der Waals surface area contributed by atoms with E-state index in [9.17, 15) is 0 Å². The van der Waals surface area contributed by atoms with Gasteiger partial charge in [-0.1, -0.05) is 6.07 Å². The second kappa shape index (κ2) is 3.96. The molecule has 2 aromatic rings. The summed E-state index contributed by atoms with van der Waals surface area (Å²) in [6.07, 6.45) is 2.04. The summed E-state index contributed by atoms with van der Waals surface area (Å²) in [5.74, 6) is 1.19. The molecule has 17 heavy (non-hydrogen) atoms. The molecule has 0 saturated carbocycles. The molecule has 4 heteroatoms. The SMILES string of the molecule is Cc1c(-c2cccs2)nc2n1C(C)C(N)CC2. The van der Waals surface area contributed by atoms with E-state index in [1.54, 1.807) is 11.3 Å². The summed E-state index contributed by atoms with van der Waals surface area (Å²) in [5.41, 5.74) is 8.53. The van der Waals surface area contributed by atoms with Crippen molar-refractivity contribution in [2.24, 2.45) is 5.73 Å². The van der Waals surface area contributed by atoms with Crippen molar-refractivity contribution in [3.8, 4) is 10.6 Å². The van der Waals surface area contributed by atoms with Crippen LogP contribution in [-0.4, -0.2) is 15.6 Å². The Balaban J connectivity index is 2.13. The number of nitrogens with zero attached hydrogens (tertiary/aromatic N) is 2. The van der Waals surface area contributed by atoms with Gasteiger partial charge in [0.1, 0.15) is 11.5 Å². The fraction of sp³-hybridized carbons (Fsp3) is 0.462. The van der Waals surface area contributed by atoms with Crippen LogP contribution in [0.1, 0.15) is 30.9 Å². The standard InChI is InChI=1S/C13H17N3S/c1-8-10(14)5-6-12-15-13(9(2)16(8)12)11-4-3-7-17-11/h3-4,7-8,10H,5-6,14H2,1-2H3. The Morgan fingerprint density at radius 2 is 2.35 bits per heavy atom. The summed E-state index contributed by atoms with van der Waals surface area (Å²) in [7, 11) is 0. The number of aryl methyl sites for hydroxylation is 1. The molecule has 1 aliphatic rings. The molecule has 2 aromatic heterocycles. The minimum absolute atomic E-state index is 0.256. The Bertz CT molecular complexity index is 527. The van der Waals surface area contributed by atoms with Gasteiger partial charge in [0.2, 0.25) is 0 Å². The van der Waals surface area contributed by atoms with E-state index in [1.807, 2.05) is 0 Å². The first-order valence-electron chi connectivity index (χ1n) is 6.05. The van der Waals surface area contributed by atoms with Crippen molar-refractivity contribution in [2.75, 3.05) is 0 Å². The van der Waals surface area contributed by atoms with Crippen molar-refractivity contribution in [3.63, 3.8) is 0 Å². The molecule has 2 unspecified atom stereocenters. The van der Waals surface area contributed by atoms with Gasteiger partial charge in [-0.2, -0.15) is 0 Å². The Morgan fingerprint density at radius 1 is 1.53 bits per heavy atom. The molecule has 90 valence electrons. The molecular weight excluding hydrogens is 230 g/mol. The van der Waals surface area contributed by atoms with Crippen LogP contribution >= 0.6 is 11.3 Å². The Kier molecular flexibility index (Phi) is 2.56. The van der Waals surface area contributed by atoms with E-state index in [1.165, 1.54) is 16.4 Å². The maximum absolute atomic E-state index is 6.14. The van der Waals surface area contributed by atoms with Gasteiger partial charge in [0.15, 0.2) is 0 Å². The summed E-state index contributed by atoms with van der Waals surface area (Å²) in [5, 5.41) is 2.10. The van der Waals surface area contributed by atoms with Gasteiger partial charge in [-0.3, -0.25) is 0 Å². The molecule has 0 spiro atoms. The molecule has 0 bridgehead atoms. The molecule has 1 aliphatic heterocycles. The Morgan fingerprint density at radius 3 is 3.06 bits per heavy atom. The molecule has 3 nitrogen and oxygen atoms in total. The maximum atomic E-state index is 6.14. The fourth-order valence-electron chi connectivity index (χ4n) is 2.66. The van der Waals surface area contributed by atoms with Gasteiger partial charge < -0.3 is 10.3 Å². The lowest BCUT2D eigenvalue weighted by atomic mass is 10.0. The zero-order valence-corrected chi connectivity index (χ0v) is 11.0. The van der Waals surface area contributed by atoms with Crippen LogP contribution in [0, 0.1) is 6.92 Å². The van der Waals surface area contributed by atoms with Gasteiger partial charge in [0, 0.05) is 24.2 Å². The monoisotopic (exact) mass is 247 g/mol. The predicted octanol–water partition coefficient (Wildman–Crippen LogP) is 2.75. The number of nitrogens with two attached hydrogens (primary N) is 1. The van der Waals surface area contributed by atoms with E-state index >= 15 is 0 Å². The van der Waals surface area contributed by atoms with E-state index in [4.69, 9.17) is 10.7 Å². The number of imidazole rings is 1. The Labute approximate surface area is 105 Å². The van der Waals surface area contributed by atoms with Gasteiger partial charge in [0.05, 0.1) is 4.88 Å². The van der Waals surface area contributed by atoms with E-state index in [2.05, 4.69) is 35.9 Å². The number of fused-ring (bicyclic) bond motifs is 1. The van der Waals surface area contributed by atoms with Crippen molar-refractivity contribution in [1.82, 2.24) is 9.55 Å². The minimum Gasteiger partial charge on any atom is -0.327 e. The van der Waals surface area contributed by atoms with Crippen LogP contribution in [0.3, 0.4) is 0 Å². The van der Waals surface area contributed by atoms with Gasteiger partial charge >= 0.3 is 0 Å². The Hall–Kier alpha value is -1.13. The van der Waals surface area contributed by atoms with E-state index < -0.39 is 0 Å². The third-order valence-corrected chi connectivity index (χ3v) is 4.58. The van der Waals surface area contributed by atoms with Gasteiger partial charge in [-0.05, 0) is 31.7 Å². The zero-order valence-electron chi connectivity index (χ0n) is 10.2. The van der Waals surface area contributed by atoms with Crippen LogP contribution in [0.15, 0.2) is 17.5 Å². The van der Waals surface area contributed by atoms with Crippen LogP contribution in [0.25, 0.3) is 10.6 Å². The molecule has 2 atom stereocenters. The highest BCUT2D eigenvalue weighted by Crippen LogP contribution is 2.33. The van der Waals surface area contributed by atoms with Crippen molar-refractivity contribution >= 4 is 11.3 Å². The minimum atomic E-state index is 0.256. The molecule has 0 aromatic carbocycles. The first-order chi connectivity index (χ1) is 8.18. The number of rotatable bonds is 1. The molecule has 0 aliphatic carbocycles. The van der Waals surface area contributed by atoms with E-state index in [0.717, 1.165) is 18.5 Å². The molecule has 3 rings (SSSR count).